The Morgan fingerprint density at radius 3 is 2.53 bits per heavy atom. The second-order valence-electron chi connectivity index (χ2n) is 5.13. The summed E-state index contributed by atoms with van der Waals surface area (Å²) in [4.78, 5) is 11.0. The molecule has 2 N–H and O–H groups in total. The number of piperidine rings is 1. The van der Waals surface area contributed by atoms with Crippen LogP contribution < -0.4 is 0 Å². The largest absolute Gasteiger partial charge is 0.481 e. The first-order valence-electron chi connectivity index (χ1n) is 6.57. The molecular formula is C11H20N2O5S. The Bertz CT molecular complexity index is 438. The lowest BCUT2D eigenvalue weighted by atomic mass is 10.0. The van der Waals surface area contributed by atoms with Gasteiger partial charge in [-0.15, -0.1) is 0 Å². The van der Waals surface area contributed by atoms with Crippen LogP contribution in [0.2, 0.25) is 0 Å². The van der Waals surface area contributed by atoms with Gasteiger partial charge in [0.1, 0.15) is 0 Å². The van der Waals surface area contributed by atoms with Crippen molar-refractivity contribution in [3.63, 3.8) is 0 Å². The Kier molecular flexibility index (Phi) is 4.44. The number of carboxylic acids is 1. The van der Waals surface area contributed by atoms with Gasteiger partial charge in [0, 0.05) is 25.7 Å². The lowest BCUT2D eigenvalue weighted by Gasteiger charge is -2.34. The van der Waals surface area contributed by atoms with Crippen molar-refractivity contribution in [1.82, 2.24) is 8.61 Å². The van der Waals surface area contributed by atoms with Crippen LogP contribution in [0.25, 0.3) is 0 Å². The van der Waals surface area contributed by atoms with E-state index in [1.807, 2.05) is 0 Å². The highest BCUT2D eigenvalue weighted by Gasteiger charge is 2.40. The second-order valence-corrected chi connectivity index (χ2v) is 7.01. The van der Waals surface area contributed by atoms with Crippen LogP contribution in [0.5, 0.6) is 0 Å². The van der Waals surface area contributed by atoms with Crippen LogP contribution in [0, 0.1) is 5.92 Å². The molecule has 0 saturated carbocycles. The van der Waals surface area contributed by atoms with Crippen LogP contribution in [0.1, 0.15) is 25.7 Å². The van der Waals surface area contributed by atoms with Gasteiger partial charge in [0.25, 0.3) is 10.2 Å². The van der Waals surface area contributed by atoms with Gasteiger partial charge in [0.05, 0.1) is 12.5 Å². The van der Waals surface area contributed by atoms with Crippen LogP contribution in [-0.2, 0) is 15.0 Å². The van der Waals surface area contributed by atoms with Gasteiger partial charge in [-0.05, 0) is 25.7 Å². The van der Waals surface area contributed by atoms with Crippen LogP contribution in [0.15, 0.2) is 0 Å². The number of nitrogens with zero attached hydrogens (tertiary/aromatic N) is 2. The number of rotatable bonds is 4. The minimum atomic E-state index is -3.65. The predicted octanol–water partition coefficient (Wildman–Crippen LogP) is -0.515. The fraction of sp³-hybridized carbons (Fsp3) is 0.909. The molecule has 0 aromatic heterocycles. The maximum atomic E-state index is 12.5. The zero-order chi connectivity index (χ0) is 14.0. The van der Waals surface area contributed by atoms with E-state index in [2.05, 4.69) is 0 Å². The average Bonchev–Trinajstić information content (AvgIpc) is 2.88. The van der Waals surface area contributed by atoms with E-state index >= 15 is 0 Å². The normalized spacial score (nSPS) is 30.6. The zero-order valence-corrected chi connectivity index (χ0v) is 11.5. The average molecular weight is 292 g/mol. The standard InChI is InChI=1S/C11H20N2O5S/c14-8-10-4-2-6-13(10)19(17,18)12-5-1-3-9(7-12)11(15)16/h9-10,14H,1-8H2,(H,15,16). The van der Waals surface area contributed by atoms with E-state index < -0.39 is 22.1 Å². The molecule has 2 saturated heterocycles. The molecule has 0 aromatic carbocycles. The molecule has 0 aliphatic carbocycles. The second kappa shape index (κ2) is 5.74. The Morgan fingerprint density at radius 1 is 1.21 bits per heavy atom. The summed E-state index contributed by atoms with van der Waals surface area (Å²) in [7, 11) is -3.65. The molecule has 0 aromatic rings. The maximum Gasteiger partial charge on any atom is 0.307 e. The van der Waals surface area contributed by atoms with E-state index in [0.29, 0.717) is 32.4 Å². The number of carbonyl (C=O) groups is 1. The van der Waals surface area contributed by atoms with E-state index in [1.54, 1.807) is 0 Å². The molecule has 8 heteroatoms. The lowest BCUT2D eigenvalue weighted by Crippen LogP contribution is -2.51. The number of aliphatic carboxylic acids is 1. The summed E-state index contributed by atoms with van der Waals surface area (Å²) in [6.45, 7) is 0.615. The molecule has 2 aliphatic rings. The molecule has 0 spiro atoms. The SMILES string of the molecule is O=C(O)C1CCCN(S(=O)(=O)N2CCCC2CO)C1. The minimum absolute atomic E-state index is 0.0340. The fourth-order valence-corrected chi connectivity index (χ4v) is 4.73. The van der Waals surface area contributed by atoms with E-state index in [0.717, 1.165) is 6.42 Å². The summed E-state index contributed by atoms with van der Waals surface area (Å²) in [6, 6.07) is -0.366. The highest BCUT2D eigenvalue weighted by atomic mass is 32.2. The first-order chi connectivity index (χ1) is 8.96. The molecule has 0 radical (unpaired) electrons. The number of aliphatic hydroxyl groups is 1. The number of hydrogen-bond acceptors (Lipinski definition) is 4. The van der Waals surface area contributed by atoms with Gasteiger partial charge in [-0.2, -0.15) is 17.0 Å². The highest BCUT2D eigenvalue weighted by Crippen LogP contribution is 2.26. The molecule has 7 nitrogen and oxygen atoms in total. The fourth-order valence-electron chi connectivity index (χ4n) is 2.80. The van der Waals surface area contributed by atoms with Crippen molar-refractivity contribution in [3.05, 3.63) is 0 Å². The lowest BCUT2D eigenvalue weighted by molar-refractivity contribution is -0.142. The third-order valence-corrected chi connectivity index (χ3v) is 5.95. The van der Waals surface area contributed by atoms with Crippen molar-refractivity contribution in [1.29, 1.82) is 0 Å². The summed E-state index contributed by atoms with van der Waals surface area (Å²) in [6.07, 6.45) is 2.48. The molecule has 110 valence electrons. The van der Waals surface area contributed by atoms with Gasteiger partial charge in [-0.3, -0.25) is 4.79 Å². The van der Waals surface area contributed by atoms with Gasteiger partial charge >= 0.3 is 5.97 Å². The molecule has 2 rings (SSSR count). The summed E-state index contributed by atoms with van der Waals surface area (Å²) < 4.78 is 27.5. The monoisotopic (exact) mass is 292 g/mol. The Labute approximate surface area is 113 Å². The molecule has 0 amide bonds. The van der Waals surface area contributed by atoms with E-state index in [4.69, 9.17) is 5.11 Å². The van der Waals surface area contributed by atoms with Gasteiger partial charge in [0.15, 0.2) is 0 Å². The molecule has 0 bridgehead atoms. The zero-order valence-electron chi connectivity index (χ0n) is 10.7. The van der Waals surface area contributed by atoms with Crippen LogP contribution in [-0.4, -0.2) is 65.5 Å². The summed E-state index contributed by atoms with van der Waals surface area (Å²) in [5.41, 5.74) is 0. The molecule has 2 fully saturated rings. The third kappa shape index (κ3) is 2.91. The molecule has 2 heterocycles. The van der Waals surface area contributed by atoms with Crippen molar-refractivity contribution in [2.24, 2.45) is 5.92 Å². The van der Waals surface area contributed by atoms with Gasteiger partial charge in [-0.25, -0.2) is 0 Å². The molecular weight excluding hydrogens is 272 g/mol. The van der Waals surface area contributed by atoms with Crippen molar-refractivity contribution in [2.45, 2.75) is 31.7 Å². The minimum Gasteiger partial charge on any atom is -0.481 e. The molecule has 2 aliphatic heterocycles. The van der Waals surface area contributed by atoms with Crippen molar-refractivity contribution < 1.29 is 23.4 Å². The Hall–Kier alpha value is -0.700. The van der Waals surface area contributed by atoms with Crippen molar-refractivity contribution >= 4 is 16.2 Å². The van der Waals surface area contributed by atoms with Crippen LogP contribution in [0.4, 0.5) is 0 Å². The Balaban J connectivity index is 2.13. The van der Waals surface area contributed by atoms with Gasteiger partial charge in [-0.1, -0.05) is 0 Å². The first-order valence-corrected chi connectivity index (χ1v) is 7.97. The first kappa shape index (κ1) is 14.7. The quantitative estimate of drug-likeness (QED) is 0.727. The number of carboxylic acid groups (broad SMARTS) is 1. The molecule has 2 unspecified atom stereocenters. The summed E-state index contributed by atoms with van der Waals surface area (Å²) in [5, 5.41) is 18.2. The van der Waals surface area contributed by atoms with Gasteiger partial charge in [0.2, 0.25) is 0 Å². The number of hydrogen-bond donors (Lipinski definition) is 2. The van der Waals surface area contributed by atoms with Crippen molar-refractivity contribution in [2.75, 3.05) is 26.2 Å². The van der Waals surface area contributed by atoms with Crippen LogP contribution in [0.3, 0.4) is 0 Å². The topological polar surface area (TPSA) is 98.2 Å². The number of aliphatic hydroxyl groups excluding tert-OH is 1. The highest BCUT2D eigenvalue weighted by molar-refractivity contribution is 7.86. The molecule has 2 atom stereocenters. The van der Waals surface area contributed by atoms with Gasteiger partial charge < -0.3 is 10.2 Å². The Morgan fingerprint density at radius 2 is 1.89 bits per heavy atom. The third-order valence-electron chi connectivity index (χ3n) is 3.89. The predicted molar refractivity (Wildman–Crippen MR) is 67.7 cm³/mol. The summed E-state index contributed by atoms with van der Waals surface area (Å²) >= 11 is 0. The smallest absolute Gasteiger partial charge is 0.307 e. The van der Waals surface area contributed by atoms with E-state index in [9.17, 15) is 18.3 Å². The summed E-state index contributed by atoms with van der Waals surface area (Å²) in [5.74, 6) is -1.57. The molecule has 19 heavy (non-hydrogen) atoms. The van der Waals surface area contributed by atoms with Crippen LogP contribution >= 0.6 is 0 Å². The van der Waals surface area contributed by atoms with E-state index in [-0.39, 0.29) is 19.2 Å². The van der Waals surface area contributed by atoms with E-state index in [1.165, 1.54) is 8.61 Å². The van der Waals surface area contributed by atoms with Crippen molar-refractivity contribution in [3.8, 4) is 0 Å². The maximum absolute atomic E-state index is 12.5.